The Morgan fingerprint density at radius 2 is 2.00 bits per heavy atom. The molecule has 0 atom stereocenters. The highest BCUT2D eigenvalue weighted by Crippen LogP contribution is 2.22. The van der Waals surface area contributed by atoms with Crippen LogP contribution in [0.3, 0.4) is 0 Å². The monoisotopic (exact) mass is 284 g/mol. The molecule has 18 heavy (non-hydrogen) atoms. The van der Waals surface area contributed by atoms with Gasteiger partial charge in [0.1, 0.15) is 12.4 Å². The SMILES string of the molecule is O=C(O)c1cc(OCCOC(F)(F)F)ccc1Cl. The summed E-state index contributed by atoms with van der Waals surface area (Å²) in [5.74, 6) is -1.15. The Morgan fingerprint density at radius 1 is 1.33 bits per heavy atom. The number of carboxylic acid groups (broad SMARTS) is 1. The molecule has 1 rings (SSSR count). The van der Waals surface area contributed by atoms with Gasteiger partial charge in [-0.15, -0.1) is 13.2 Å². The van der Waals surface area contributed by atoms with Gasteiger partial charge in [-0.05, 0) is 18.2 Å². The number of ether oxygens (including phenoxy) is 2. The van der Waals surface area contributed by atoms with Gasteiger partial charge in [0, 0.05) is 0 Å². The lowest BCUT2D eigenvalue weighted by atomic mass is 10.2. The number of rotatable bonds is 5. The van der Waals surface area contributed by atoms with Gasteiger partial charge >= 0.3 is 12.3 Å². The number of carboxylic acids is 1. The first kappa shape index (κ1) is 14.6. The van der Waals surface area contributed by atoms with Crippen LogP contribution in [0.25, 0.3) is 0 Å². The summed E-state index contributed by atoms with van der Waals surface area (Å²) in [5, 5.41) is 8.77. The van der Waals surface area contributed by atoms with Gasteiger partial charge in [0.2, 0.25) is 0 Å². The minimum atomic E-state index is -4.71. The minimum absolute atomic E-state index is 0.0152. The average Bonchev–Trinajstić information content (AvgIpc) is 2.24. The van der Waals surface area contributed by atoms with Crippen LogP contribution in [0.2, 0.25) is 5.02 Å². The van der Waals surface area contributed by atoms with Gasteiger partial charge in [-0.1, -0.05) is 11.6 Å². The van der Waals surface area contributed by atoms with Gasteiger partial charge in [-0.2, -0.15) is 0 Å². The second-order valence-corrected chi connectivity index (χ2v) is 3.50. The molecule has 0 aromatic heterocycles. The van der Waals surface area contributed by atoms with Crippen LogP contribution in [0.1, 0.15) is 10.4 Å². The fraction of sp³-hybridized carbons (Fsp3) is 0.300. The van der Waals surface area contributed by atoms with Crippen LogP contribution in [0.4, 0.5) is 13.2 Å². The molecule has 4 nitrogen and oxygen atoms in total. The smallest absolute Gasteiger partial charge is 0.491 e. The zero-order valence-corrected chi connectivity index (χ0v) is 9.59. The highest BCUT2D eigenvalue weighted by Gasteiger charge is 2.28. The zero-order valence-electron chi connectivity index (χ0n) is 8.83. The van der Waals surface area contributed by atoms with Crippen molar-refractivity contribution in [2.75, 3.05) is 13.2 Å². The molecule has 0 aliphatic carbocycles. The summed E-state index contributed by atoms with van der Waals surface area (Å²) in [4.78, 5) is 10.7. The maximum Gasteiger partial charge on any atom is 0.522 e. The standard InChI is InChI=1S/C10H8ClF3O4/c11-8-2-1-6(5-7(8)9(15)16)17-3-4-18-10(12,13)14/h1-2,5H,3-4H2,(H,15,16). The fourth-order valence-corrected chi connectivity index (χ4v) is 1.27. The summed E-state index contributed by atoms with van der Waals surface area (Å²) in [7, 11) is 0. The van der Waals surface area contributed by atoms with Crippen molar-refractivity contribution in [1.29, 1.82) is 0 Å². The molecule has 0 aliphatic rings. The van der Waals surface area contributed by atoms with E-state index < -0.39 is 18.9 Å². The number of hydrogen-bond donors (Lipinski definition) is 1. The van der Waals surface area contributed by atoms with Crippen molar-refractivity contribution in [3.8, 4) is 5.75 Å². The fourth-order valence-electron chi connectivity index (χ4n) is 1.07. The second kappa shape index (κ2) is 5.92. The van der Waals surface area contributed by atoms with Crippen molar-refractivity contribution in [2.45, 2.75) is 6.36 Å². The molecule has 0 heterocycles. The van der Waals surface area contributed by atoms with E-state index in [1.165, 1.54) is 12.1 Å². The first-order valence-electron chi connectivity index (χ1n) is 4.66. The molecule has 100 valence electrons. The molecule has 0 unspecified atom stereocenters. The molecule has 1 aromatic carbocycles. The van der Waals surface area contributed by atoms with Crippen LogP contribution in [-0.4, -0.2) is 30.7 Å². The molecule has 0 fully saturated rings. The third-order valence-corrected chi connectivity index (χ3v) is 2.12. The van der Waals surface area contributed by atoms with Crippen LogP contribution >= 0.6 is 11.6 Å². The Hall–Kier alpha value is -1.47. The van der Waals surface area contributed by atoms with Crippen molar-refractivity contribution in [3.63, 3.8) is 0 Å². The molecule has 0 amide bonds. The third kappa shape index (κ3) is 4.80. The van der Waals surface area contributed by atoms with Gasteiger partial charge in [-0.25, -0.2) is 4.79 Å². The van der Waals surface area contributed by atoms with E-state index in [0.29, 0.717) is 0 Å². The number of benzene rings is 1. The Kier molecular flexibility index (Phi) is 4.80. The lowest BCUT2D eigenvalue weighted by Crippen LogP contribution is -2.18. The predicted molar refractivity (Wildman–Crippen MR) is 55.9 cm³/mol. The van der Waals surface area contributed by atoms with E-state index in [2.05, 4.69) is 4.74 Å². The molecule has 8 heteroatoms. The Morgan fingerprint density at radius 3 is 2.56 bits per heavy atom. The van der Waals surface area contributed by atoms with Crippen molar-refractivity contribution in [3.05, 3.63) is 28.8 Å². The molecule has 1 aromatic rings. The van der Waals surface area contributed by atoms with E-state index in [0.717, 1.165) is 6.07 Å². The predicted octanol–water partition coefficient (Wildman–Crippen LogP) is 2.95. The Bertz CT molecular complexity index is 434. The van der Waals surface area contributed by atoms with Gasteiger partial charge in [-0.3, -0.25) is 4.74 Å². The van der Waals surface area contributed by atoms with E-state index >= 15 is 0 Å². The lowest BCUT2D eigenvalue weighted by Gasteiger charge is -2.09. The molecular formula is C10H8ClF3O4. The first-order chi connectivity index (χ1) is 8.29. The van der Waals surface area contributed by atoms with E-state index in [1.54, 1.807) is 0 Å². The van der Waals surface area contributed by atoms with Crippen molar-refractivity contribution >= 4 is 17.6 Å². The summed E-state index contributed by atoms with van der Waals surface area (Å²) >= 11 is 5.60. The van der Waals surface area contributed by atoms with Gasteiger partial charge in [0.05, 0.1) is 17.2 Å². The number of carbonyl (C=O) groups is 1. The van der Waals surface area contributed by atoms with Crippen LogP contribution in [0.5, 0.6) is 5.75 Å². The molecule has 0 bridgehead atoms. The molecule has 1 N–H and O–H groups in total. The van der Waals surface area contributed by atoms with E-state index in [9.17, 15) is 18.0 Å². The maximum atomic E-state index is 11.6. The van der Waals surface area contributed by atoms with E-state index in [1.807, 2.05) is 0 Å². The number of aromatic carboxylic acids is 1. The second-order valence-electron chi connectivity index (χ2n) is 3.09. The van der Waals surface area contributed by atoms with Crippen molar-refractivity contribution in [2.24, 2.45) is 0 Å². The first-order valence-corrected chi connectivity index (χ1v) is 5.04. The summed E-state index contributed by atoms with van der Waals surface area (Å²) in [6, 6.07) is 3.76. The van der Waals surface area contributed by atoms with Gasteiger partial charge in [0.15, 0.2) is 0 Å². The third-order valence-electron chi connectivity index (χ3n) is 1.79. The summed E-state index contributed by atoms with van der Waals surface area (Å²) < 4.78 is 43.3. The summed E-state index contributed by atoms with van der Waals surface area (Å²) in [6.07, 6.45) is -4.71. The summed E-state index contributed by atoms with van der Waals surface area (Å²) in [5.41, 5.74) is -0.189. The number of alkyl halides is 3. The lowest BCUT2D eigenvalue weighted by molar-refractivity contribution is -0.325. The van der Waals surface area contributed by atoms with Crippen LogP contribution in [0, 0.1) is 0 Å². The van der Waals surface area contributed by atoms with Crippen molar-refractivity contribution < 1.29 is 32.5 Å². The topological polar surface area (TPSA) is 55.8 Å². The highest BCUT2D eigenvalue weighted by atomic mass is 35.5. The average molecular weight is 285 g/mol. The molecular weight excluding hydrogens is 277 g/mol. The highest BCUT2D eigenvalue weighted by molar-refractivity contribution is 6.33. The Labute approximate surface area is 105 Å². The maximum absolute atomic E-state index is 11.6. The molecule has 0 saturated carbocycles. The quantitative estimate of drug-likeness (QED) is 0.845. The zero-order chi connectivity index (χ0) is 13.8. The molecule has 0 spiro atoms. The van der Waals surface area contributed by atoms with Gasteiger partial charge in [0.25, 0.3) is 0 Å². The number of halogens is 4. The molecule has 0 radical (unpaired) electrons. The minimum Gasteiger partial charge on any atom is -0.491 e. The van der Waals surface area contributed by atoms with Crippen LogP contribution in [-0.2, 0) is 4.74 Å². The van der Waals surface area contributed by atoms with E-state index in [-0.39, 0.29) is 22.9 Å². The Balaban J connectivity index is 2.53. The van der Waals surface area contributed by atoms with Crippen LogP contribution < -0.4 is 4.74 Å². The largest absolute Gasteiger partial charge is 0.522 e. The normalized spacial score (nSPS) is 11.3. The summed E-state index contributed by atoms with van der Waals surface area (Å²) in [6.45, 7) is -1.05. The van der Waals surface area contributed by atoms with E-state index in [4.69, 9.17) is 21.4 Å². The molecule has 0 saturated heterocycles. The number of hydrogen-bond acceptors (Lipinski definition) is 3. The van der Waals surface area contributed by atoms with Crippen LogP contribution in [0.15, 0.2) is 18.2 Å². The van der Waals surface area contributed by atoms with Crippen molar-refractivity contribution in [1.82, 2.24) is 0 Å². The van der Waals surface area contributed by atoms with Gasteiger partial charge < -0.3 is 9.84 Å². The molecule has 0 aliphatic heterocycles.